The zero-order chi connectivity index (χ0) is 11.6. The Bertz CT molecular complexity index is 327. The first-order valence-electron chi connectivity index (χ1n) is 6.30. The monoisotopic (exact) mass is 236 g/mol. The second-order valence-electron chi connectivity index (χ2n) is 5.56. The summed E-state index contributed by atoms with van der Waals surface area (Å²) in [6, 6.07) is 9.09. The van der Waals surface area contributed by atoms with Gasteiger partial charge in [-0.25, -0.2) is 0 Å². The van der Waals surface area contributed by atoms with Gasteiger partial charge in [-0.05, 0) is 41.7 Å². The summed E-state index contributed by atoms with van der Waals surface area (Å²) in [5, 5.41) is 0. The van der Waals surface area contributed by atoms with Crippen LogP contribution in [-0.2, 0) is 6.42 Å². The van der Waals surface area contributed by atoms with Crippen LogP contribution in [0.25, 0.3) is 0 Å². The standard InChI is InChI=1S/C15H21Cl/c1-12(2)14-6-4-13(5-7-14)10-15(11-16)8-3-9-15/h4-7,12H,3,8-11H2,1-2H3. The van der Waals surface area contributed by atoms with E-state index in [1.54, 1.807) is 0 Å². The molecule has 0 aliphatic heterocycles. The summed E-state index contributed by atoms with van der Waals surface area (Å²) < 4.78 is 0. The van der Waals surface area contributed by atoms with E-state index in [4.69, 9.17) is 11.6 Å². The van der Waals surface area contributed by atoms with Crippen molar-refractivity contribution in [1.29, 1.82) is 0 Å². The molecule has 1 aliphatic carbocycles. The van der Waals surface area contributed by atoms with E-state index < -0.39 is 0 Å². The van der Waals surface area contributed by atoms with E-state index in [1.165, 1.54) is 30.4 Å². The van der Waals surface area contributed by atoms with Gasteiger partial charge in [-0.3, -0.25) is 0 Å². The lowest BCUT2D eigenvalue weighted by Crippen LogP contribution is -2.33. The molecule has 0 radical (unpaired) electrons. The molecule has 0 amide bonds. The smallest absolute Gasteiger partial charge is 0.0283 e. The van der Waals surface area contributed by atoms with Crippen LogP contribution in [0.2, 0.25) is 0 Å². The van der Waals surface area contributed by atoms with Crippen molar-refractivity contribution >= 4 is 11.6 Å². The van der Waals surface area contributed by atoms with Crippen molar-refractivity contribution in [3.63, 3.8) is 0 Å². The third-order valence-electron chi connectivity index (χ3n) is 3.92. The SMILES string of the molecule is CC(C)c1ccc(CC2(CCl)CCC2)cc1. The number of hydrogen-bond donors (Lipinski definition) is 0. The molecule has 0 saturated heterocycles. The molecule has 0 aromatic heterocycles. The van der Waals surface area contributed by atoms with Crippen LogP contribution in [0, 0.1) is 5.41 Å². The minimum Gasteiger partial charge on any atom is -0.126 e. The topological polar surface area (TPSA) is 0 Å². The molecule has 1 saturated carbocycles. The Labute approximate surface area is 104 Å². The highest BCUT2D eigenvalue weighted by Gasteiger charge is 2.35. The molecule has 0 N–H and O–H groups in total. The van der Waals surface area contributed by atoms with Gasteiger partial charge >= 0.3 is 0 Å². The maximum absolute atomic E-state index is 6.09. The molecule has 88 valence electrons. The Kier molecular flexibility index (Phi) is 3.59. The first-order valence-corrected chi connectivity index (χ1v) is 6.83. The lowest BCUT2D eigenvalue weighted by atomic mass is 9.67. The van der Waals surface area contributed by atoms with Crippen molar-refractivity contribution in [2.75, 3.05) is 5.88 Å². The zero-order valence-corrected chi connectivity index (χ0v) is 11.1. The second kappa shape index (κ2) is 4.79. The normalized spacial score (nSPS) is 18.5. The highest BCUT2D eigenvalue weighted by Crippen LogP contribution is 2.44. The molecule has 0 spiro atoms. The molecule has 1 aliphatic rings. The summed E-state index contributed by atoms with van der Waals surface area (Å²) in [6.07, 6.45) is 5.14. The van der Waals surface area contributed by atoms with Crippen LogP contribution in [0.1, 0.15) is 50.2 Å². The molecule has 1 aromatic carbocycles. The van der Waals surface area contributed by atoms with Gasteiger partial charge in [0, 0.05) is 5.88 Å². The Morgan fingerprint density at radius 2 is 1.81 bits per heavy atom. The van der Waals surface area contributed by atoms with Crippen LogP contribution >= 0.6 is 11.6 Å². The molecule has 0 bridgehead atoms. The van der Waals surface area contributed by atoms with Crippen LogP contribution < -0.4 is 0 Å². The van der Waals surface area contributed by atoms with Crippen LogP contribution in [0.3, 0.4) is 0 Å². The van der Waals surface area contributed by atoms with E-state index in [0.29, 0.717) is 11.3 Å². The zero-order valence-electron chi connectivity index (χ0n) is 10.3. The summed E-state index contributed by atoms with van der Waals surface area (Å²) in [4.78, 5) is 0. The van der Waals surface area contributed by atoms with E-state index in [0.717, 1.165) is 12.3 Å². The minimum absolute atomic E-state index is 0.418. The maximum Gasteiger partial charge on any atom is 0.0283 e. The predicted octanol–water partition coefficient (Wildman–Crippen LogP) is 4.76. The molecule has 1 aromatic rings. The summed E-state index contributed by atoms with van der Waals surface area (Å²) in [5.74, 6) is 1.44. The van der Waals surface area contributed by atoms with Gasteiger partial charge in [-0.2, -0.15) is 0 Å². The first-order chi connectivity index (χ1) is 7.65. The molecule has 1 fully saturated rings. The van der Waals surface area contributed by atoms with Gasteiger partial charge in [0.25, 0.3) is 0 Å². The van der Waals surface area contributed by atoms with Gasteiger partial charge in [0.05, 0.1) is 0 Å². The number of hydrogen-bond acceptors (Lipinski definition) is 0. The van der Waals surface area contributed by atoms with Gasteiger partial charge in [0.1, 0.15) is 0 Å². The highest BCUT2D eigenvalue weighted by molar-refractivity contribution is 6.18. The molecule has 0 atom stereocenters. The Morgan fingerprint density at radius 1 is 1.19 bits per heavy atom. The molecule has 2 rings (SSSR count). The fourth-order valence-corrected chi connectivity index (χ4v) is 2.85. The van der Waals surface area contributed by atoms with Crippen molar-refractivity contribution in [1.82, 2.24) is 0 Å². The van der Waals surface area contributed by atoms with Gasteiger partial charge in [-0.1, -0.05) is 44.5 Å². The molecule has 16 heavy (non-hydrogen) atoms. The van der Waals surface area contributed by atoms with E-state index in [1.807, 2.05) is 0 Å². The van der Waals surface area contributed by atoms with Crippen LogP contribution in [0.15, 0.2) is 24.3 Å². The first kappa shape index (κ1) is 12.0. The Balaban J connectivity index is 2.05. The lowest BCUT2D eigenvalue weighted by molar-refractivity contribution is 0.166. The van der Waals surface area contributed by atoms with E-state index >= 15 is 0 Å². The average molecular weight is 237 g/mol. The fraction of sp³-hybridized carbons (Fsp3) is 0.600. The number of halogens is 1. The van der Waals surface area contributed by atoms with E-state index in [2.05, 4.69) is 38.1 Å². The largest absolute Gasteiger partial charge is 0.126 e. The maximum atomic E-state index is 6.09. The average Bonchev–Trinajstić information content (AvgIpc) is 2.24. The number of benzene rings is 1. The molecule has 0 heterocycles. The van der Waals surface area contributed by atoms with Crippen molar-refractivity contribution in [2.45, 2.75) is 45.4 Å². The van der Waals surface area contributed by atoms with E-state index in [9.17, 15) is 0 Å². The summed E-state index contributed by atoms with van der Waals surface area (Å²) in [5.41, 5.74) is 3.29. The van der Waals surface area contributed by atoms with Crippen LogP contribution in [0.4, 0.5) is 0 Å². The van der Waals surface area contributed by atoms with Crippen LogP contribution in [0.5, 0.6) is 0 Å². The van der Waals surface area contributed by atoms with Gasteiger partial charge in [0.2, 0.25) is 0 Å². The van der Waals surface area contributed by atoms with Gasteiger partial charge in [-0.15, -0.1) is 11.6 Å². The third-order valence-corrected chi connectivity index (χ3v) is 4.49. The van der Waals surface area contributed by atoms with E-state index in [-0.39, 0.29) is 0 Å². The number of rotatable bonds is 4. The van der Waals surface area contributed by atoms with Gasteiger partial charge < -0.3 is 0 Å². The lowest BCUT2D eigenvalue weighted by Gasteiger charge is -2.40. The van der Waals surface area contributed by atoms with Crippen LogP contribution in [-0.4, -0.2) is 5.88 Å². The second-order valence-corrected chi connectivity index (χ2v) is 5.83. The Hall–Kier alpha value is -0.490. The molecular weight excluding hydrogens is 216 g/mol. The van der Waals surface area contributed by atoms with Gasteiger partial charge in [0.15, 0.2) is 0 Å². The fourth-order valence-electron chi connectivity index (χ4n) is 2.49. The van der Waals surface area contributed by atoms with Crippen molar-refractivity contribution < 1.29 is 0 Å². The quantitative estimate of drug-likeness (QED) is 0.662. The molecular formula is C15H21Cl. The highest BCUT2D eigenvalue weighted by atomic mass is 35.5. The third kappa shape index (κ3) is 2.43. The minimum atomic E-state index is 0.418. The summed E-state index contributed by atoms with van der Waals surface area (Å²) in [6.45, 7) is 4.47. The number of alkyl halides is 1. The molecule has 0 unspecified atom stereocenters. The summed E-state index contributed by atoms with van der Waals surface area (Å²) in [7, 11) is 0. The summed E-state index contributed by atoms with van der Waals surface area (Å²) >= 11 is 6.09. The predicted molar refractivity (Wildman–Crippen MR) is 71.2 cm³/mol. The van der Waals surface area contributed by atoms with Crippen molar-refractivity contribution in [3.8, 4) is 0 Å². The van der Waals surface area contributed by atoms with Crippen molar-refractivity contribution in [3.05, 3.63) is 35.4 Å². The van der Waals surface area contributed by atoms with Crippen molar-refractivity contribution in [2.24, 2.45) is 5.41 Å². The Morgan fingerprint density at radius 3 is 2.19 bits per heavy atom. The molecule has 0 nitrogen and oxygen atoms in total. The molecule has 1 heteroatoms.